The molecule has 5 nitrogen and oxygen atoms in total. The van der Waals surface area contributed by atoms with Crippen LogP contribution in [0.5, 0.6) is 0 Å². The van der Waals surface area contributed by atoms with Crippen LogP contribution in [0.25, 0.3) is 0 Å². The topological polar surface area (TPSA) is 47.9 Å². The smallest absolute Gasteiger partial charge is 0.243 e. The van der Waals surface area contributed by atoms with Crippen molar-refractivity contribution in [3.05, 3.63) is 0 Å². The molecule has 0 atom stereocenters. The second-order valence-corrected chi connectivity index (χ2v) is 6.49. The zero-order chi connectivity index (χ0) is 14.8. The van der Waals surface area contributed by atoms with Gasteiger partial charge >= 0.3 is 0 Å². The molecule has 1 aliphatic rings. The quantitative estimate of drug-likeness (QED) is 0.450. The van der Waals surface area contributed by atoms with Crippen molar-refractivity contribution in [2.45, 2.75) is 40.2 Å². The van der Waals surface area contributed by atoms with Gasteiger partial charge < -0.3 is 15.1 Å². The number of likely N-dealkylation sites (N-methyl/N-ethyl adjacent to an activating group) is 1. The predicted molar refractivity (Wildman–Crippen MR) is 94.7 cm³/mol. The van der Waals surface area contributed by atoms with Crippen molar-refractivity contribution in [3.8, 4) is 0 Å². The molecule has 0 aromatic heterocycles. The highest BCUT2D eigenvalue weighted by Gasteiger charge is 2.53. The zero-order valence-electron chi connectivity index (χ0n) is 13.8. The van der Waals surface area contributed by atoms with E-state index >= 15 is 0 Å². The van der Waals surface area contributed by atoms with Crippen LogP contribution >= 0.6 is 24.0 Å². The molecule has 1 fully saturated rings. The van der Waals surface area contributed by atoms with Gasteiger partial charge in [0.1, 0.15) is 6.54 Å². The second-order valence-electron chi connectivity index (χ2n) is 6.49. The average Bonchev–Trinajstić information content (AvgIpc) is 2.31. The van der Waals surface area contributed by atoms with Crippen LogP contribution in [0, 0.1) is 5.41 Å². The van der Waals surface area contributed by atoms with Crippen molar-refractivity contribution < 1.29 is 4.79 Å². The minimum atomic E-state index is 0. The molecule has 1 amide bonds. The number of nitrogens with zero attached hydrogens (tertiary/aromatic N) is 3. The molecule has 0 bridgehead atoms. The van der Waals surface area contributed by atoms with E-state index in [0.717, 1.165) is 19.0 Å². The number of guanidine groups is 1. The number of hydrogen-bond donors (Lipinski definition) is 1. The number of hydrogen-bond acceptors (Lipinski definition) is 2. The van der Waals surface area contributed by atoms with Gasteiger partial charge in [0.2, 0.25) is 5.91 Å². The van der Waals surface area contributed by atoms with Gasteiger partial charge in [-0.2, -0.15) is 0 Å². The summed E-state index contributed by atoms with van der Waals surface area (Å²) in [6.45, 7) is 13.0. The molecule has 0 aliphatic carbocycles. The lowest BCUT2D eigenvalue weighted by Gasteiger charge is -2.62. The number of carbonyl (C=O) groups is 1. The highest BCUT2D eigenvalue weighted by atomic mass is 127. The fourth-order valence-corrected chi connectivity index (χ4v) is 2.08. The highest BCUT2D eigenvalue weighted by molar-refractivity contribution is 14.0. The number of halogens is 1. The van der Waals surface area contributed by atoms with Gasteiger partial charge in [0, 0.05) is 38.1 Å². The summed E-state index contributed by atoms with van der Waals surface area (Å²) >= 11 is 0. The number of aliphatic imine (C=N–C) groups is 1. The minimum absolute atomic E-state index is 0. The molecule has 1 N–H and O–H groups in total. The van der Waals surface area contributed by atoms with Crippen molar-refractivity contribution in [3.63, 3.8) is 0 Å². The Hall–Kier alpha value is -0.530. The fraction of sp³-hybridized carbons (Fsp3) is 0.857. The summed E-state index contributed by atoms with van der Waals surface area (Å²) in [4.78, 5) is 19.9. The monoisotopic (exact) mass is 396 g/mol. The molecular weight excluding hydrogens is 367 g/mol. The normalized spacial score (nSPS) is 19.8. The molecule has 0 aromatic rings. The predicted octanol–water partition coefficient (Wildman–Crippen LogP) is 1.78. The molecule has 118 valence electrons. The van der Waals surface area contributed by atoms with Gasteiger partial charge in [-0.15, -0.1) is 24.0 Å². The van der Waals surface area contributed by atoms with E-state index in [0.29, 0.717) is 0 Å². The molecule has 1 saturated heterocycles. The van der Waals surface area contributed by atoms with Crippen molar-refractivity contribution in [1.29, 1.82) is 0 Å². The molecule has 0 spiro atoms. The van der Waals surface area contributed by atoms with Crippen molar-refractivity contribution in [2.75, 3.05) is 33.7 Å². The molecule has 0 radical (unpaired) electrons. The minimum Gasteiger partial charge on any atom is -0.356 e. The van der Waals surface area contributed by atoms with Crippen LogP contribution in [0.3, 0.4) is 0 Å². The van der Waals surface area contributed by atoms with Gasteiger partial charge in [-0.05, 0) is 20.8 Å². The number of carbonyl (C=O) groups excluding carboxylic acids is 1. The van der Waals surface area contributed by atoms with Crippen molar-refractivity contribution in [2.24, 2.45) is 10.4 Å². The second kappa shape index (κ2) is 6.95. The number of rotatable bonds is 3. The standard InChI is InChI=1S/C14H28N4O.HI/c1-8-15-12(16-9-11(19)17(6)7)18-10-13(2,3)14(18,4)5;/h8-10H2,1-7H3,(H,15,16);1H. The van der Waals surface area contributed by atoms with E-state index in [2.05, 4.69) is 42.9 Å². The van der Waals surface area contributed by atoms with Crippen LogP contribution in [-0.2, 0) is 4.79 Å². The Labute approximate surface area is 140 Å². The first kappa shape index (κ1) is 19.5. The van der Waals surface area contributed by atoms with Gasteiger partial charge in [-0.3, -0.25) is 4.79 Å². The maximum absolute atomic E-state index is 11.6. The third kappa shape index (κ3) is 3.77. The Balaban J connectivity index is 0.00000361. The van der Waals surface area contributed by atoms with Crippen molar-refractivity contribution >= 4 is 35.8 Å². The first-order valence-corrected chi connectivity index (χ1v) is 6.89. The highest BCUT2D eigenvalue weighted by Crippen LogP contribution is 2.46. The Morgan fingerprint density at radius 1 is 1.30 bits per heavy atom. The Bertz CT molecular complexity index is 377. The van der Waals surface area contributed by atoms with Crippen LogP contribution in [-0.4, -0.2) is 60.9 Å². The SMILES string of the molecule is CCNC(=NCC(=O)N(C)C)N1CC(C)(C)C1(C)C.I. The lowest BCUT2D eigenvalue weighted by molar-refractivity contribution is -0.127. The maximum Gasteiger partial charge on any atom is 0.243 e. The van der Waals surface area contributed by atoms with E-state index in [-0.39, 0.29) is 47.4 Å². The summed E-state index contributed by atoms with van der Waals surface area (Å²) in [6.07, 6.45) is 0. The number of amides is 1. The van der Waals surface area contributed by atoms with Crippen LogP contribution in [0.15, 0.2) is 4.99 Å². The van der Waals surface area contributed by atoms with E-state index < -0.39 is 0 Å². The zero-order valence-corrected chi connectivity index (χ0v) is 16.1. The summed E-state index contributed by atoms with van der Waals surface area (Å²) < 4.78 is 0. The first-order chi connectivity index (χ1) is 8.63. The number of nitrogens with one attached hydrogen (secondary N) is 1. The summed E-state index contributed by atoms with van der Waals surface area (Å²) in [5.41, 5.74) is 0.309. The lowest BCUT2D eigenvalue weighted by Crippen LogP contribution is -2.72. The van der Waals surface area contributed by atoms with Crippen LogP contribution in [0.1, 0.15) is 34.6 Å². The molecule has 20 heavy (non-hydrogen) atoms. The maximum atomic E-state index is 11.6. The summed E-state index contributed by atoms with van der Waals surface area (Å²) in [7, 11) is 3.50. The first-order valence-electron chi connectivity index (χ1n) is 6.89. The molecule has 0 aromatic carbocycles. The van der Waals surface area contributed by atoms with Crippen LogP contribution in [0.2, 0.25) is 0 Å². The molecule has 1 heterocycles. The van der Waals surface area contributed by atoms with Gasteiger partial charge in [-0.1, -0.05) is 13.8 Å². The summed E-state index contributed by atoms with van der Waals surface area (Å²) in [5.74, 6) is 0.856. The Morgan fingerprint density at radius 3 is 2.20 bits per heavy atom. The number of likely N-dealkylation sites (tertiary alicyclic amines) is 1. The van der Waals surface area contributed by atoms with Crippen LogP contribution < -0.4 is 5.32 Å². The van der Waals surface area contributed by atoms with E-state index in [9.17, 15) is 4.79 Å². The van der Waals surface area contributed by atoms with Gasteiger partial charge in [-0.25, -0.2) is 4.99 Å². The summed E-state index contributed by atoms with van der Waals surface area (Å²) in [5, 5.41) is 3.28. The molecule has 6 heteroatoms. The Kier molecular flexibility index (Phi) is 6.77. The molecule has 1 rings (SSSR count). The molecule has 0 saturated carbocycles. The largest absolute Gasteiger partial charge is 0.356 e. The van der Waals surface area contributed by atoms with E-state index in [1.54, 1.807) is 19.0 Å². The van der Waals surface area contributed by atoms with Gasteiger partial charge in [0.15, 0.2) is 5.96 Å². The molecule has 0 unspecified atom stereocenters. The summed E-state index contributed by atoms with van der Waals surface area (Å²) in [6, 6.07) is 0. The molecule has 1 aliphatic heterocycles. The van der Waals surface area contributed by atoms with E-state index in [1.807, 2.05) is 6.92 Å². The van der Waals surface area contributed by atoms with Gasteiger partial charge in [0.25, 0.3) is 0 Å². The van der Waals surface area contributed by atoms with Gasteiger partial charge in [0.05, 0.1) is 0 Å². The van der Waals surface area contributed by atoms with E-state index in [4.69, 9.17) is 0 Å². The average molecular weight is 396 g/mol. The van der Waals surface area contributed by atoms with E-state index in [1.165, 1.54) is 0 Å². The molecular formula is C14H29IN4O. The van der Waals surface area contributed by atoms with Crippen molar-refractivity contribution in [1.82, 2.24) is 15.1 Å². The lowest BCUT2D eigenvalue weighted by atomic mass is 9.65. The van der Waals surface area contributed by atoms with Crippen LogP contribution in [0.4, 0.5) is 0 Å². The Morgan fingerprint density at radius 2 is 1.85 bits per heavy atom. The third-order valence-corrected chi connectivity index (χ3v) is 4.34. The fourth-order valence-electron chi connectivity index (χ4n) is 2.08. The third-order valence-electron chi connectivity index (χ3n) is 4.34.